The van der Waals surface area contributed by atoms with Crippen molar-refractivity contribution in [3.05, 3.63) is 28.8 Å². The first-order chi connectivity index (χ1) is 16.4. The summed E-state index contributed by atoms with van der Waals surface area (Å²) in [4.78, 5) is 27.5. The number of amides is 2. The van der Waals surface area contributed by atoms with Gasteiger partial charge in [-0.15, -0.1) is 0 Å². The van der Waals surface area contributed by atoms with Crippen molar-refractivity contribution in [2.45, 2.75) is 69.4 Å². The van der Waals surface area contributed by atoms with Crippen molar-refractivity contribution in [1.82, 2.24) is 10.2 Å². The Kier molecular flexibility index (Phi) is 5.80. The molecule has 0 radical (unpaired) electrons. The van der Waals surface area contributed by atoms with Crippen LogP contribution in [0.3, 0.4) is 0 Å². The summed E-state index contributed by atoms with van der Waals surface area (Å²) in [5.41, 5.74) is 0.483. The summed E-state index contributed by atoms with van der Waals surface area (Å²) < 4.78 is 5.61. The van der Waals surface area contributed by atoms with Crippen LogP contribution < -0.4 is 10.1 Å². The largest absolute Gasteiger partial charge is 0.484 e. The maximum atomic E-state index is 13.4. The minimum Gasteiger partial charge on any atom is -0.484 e. The van der Waals surface area contributed by atoms with Crippen molar-refractivity contribution in [3.63, 3.8) is 0 Å². The van der Waals surface area contributed by atoms with Gasteiger partial charge < -0.3 is 20.1 Å². The Balaban J connectivity index is 1.05. The zero-order chi connectivity index (χ0) is 23.4. The van der Waals surface area contributed by atoms with Gasteiger partial charge in [0, 0.05) is 30.1 Å². The number of likely N-dealkylation sites (tertiary alicyclic amines) is 1. The van der Waals surface area contributed by atoms with Gasteiger partial charge in [0.1, 0.15) is 5.75 Å². The topological polar surface area (TPSA) is 78.9 Å². The molecule has 5 aliphatic carbocycles. The van der Waals surface area contributed by atoms with E-state index in [0.717, 1.165) is 44.3 Å². The van der Waals surface area contributed by atoms with Crippen molar-refractivity contribution in [1.29, 1.82) is 0 Å². The molecule has 3 unspecified atom stereocenters. The third-order valence-electron chi connectivity index (χ3n) is 9.05. The molecule has 6 nitrogen and oxygen atoms in total. The number of hydrogen-bond acceptors (Lipinski definition) is 4. The zero-order valence-corrected chi connectivity index (χ0v) is 20.4. The lowest BCUT2D eigenvalue weighted by Gasteiger charge is -2.59. The summed E-state index contributed by atoms with van der Waals surface area (Å²) in [6, 6.07) is 5.83. The van der Waals surface area contributed by atoms with E-state index in [2.05, 4.69) is 10.2 Å². The lowest BCUT2D eigenvalue weighted by atomic mass is 9.52. The summed E-state index contributed by atoms with van der Waals surface area (Å²) in [6.45, 7) is 1.54. The summed E-state index contributed by atoms with van der Waals surface area (Å²) in [7, 11) is 0. The Hall–Kier alpha value is -1.79. The van der Waals surface area contributed by atoms with Gasteiger partial charge in [-0.1, -0.05) is 17.7 Å². The summed E-state index contributed by atoms with van der Waals surface area (Å²) >= 11 is 6.55. The lowest BCUT2D eigenvalue weighted by molar-refractivity contribution is -0.168. The van der Waals surface area contributed by atoms with E-state index in [1.807, 2.05) is 12.1 Å². The van der Waals surface area contributed by atoms with E-state index in [0.29, 0.717) is 46.9 Å². The maximum absolute atomic E-state index is 13.4. The average molecular weight is 487 g/mol. The molecule has 1 saturated heterocycles. The molecule has 6 aliphatic rings. The van der Waals surface area contributed by atoms with Gasteiger partial charge in [0.05, 0.1) is 5.60 Å². The third kappa shape index (κ3) is 4.44. The quantitative estimate of drug-likeness (QED) is 0.588. The number of carbonyl (C=O) groups excluding carboxylic acids is 2. The molecule has 6 fully saturated rings. The molecular formula is C27H35ClN2O4. The van der Waals surface area contributed by atoms with Gasteiger partial charge in [0.2, 0.25) is 5.91 Å². The SMILES string of the molecule is O=C(COc1ccc(CC2CCN(C3C4CC5CC3CC(O)(C5)C4)C2=O)c(Cl)c1)NCC1CC1. The molecule has 1 aliphatic heterocycles. The number of nitrogens with one attached hydrogen (secondary N) is 1. The second-order valence-corrected chi connectivity index (χ2v) is 12.1. The molecule has 184 valence electrons. The number of hydrogen-bond donors (Lipinski definition) is 2. The molecule has 7 heteroatoms. The highest BCUT2D eigenvalue weighted by Gasteiger charge is 2.57. The monoisotopic (exact) mass is 486 g/mol. The van der Waals surface area contributed by atoms with E-state index in [4.69, 9.17) is 16.3 Å². The van der Waals surface area contributed by atoms with Gasteiger partial charge in [-0.25, -0.2) is 0 Å². The van der Waals surface area contributed by atoms with Crippen LogP contribution in [0.15, 0.2) is 18.2 Å². The highest BCUT2D eigenvalue weighted by atomic mass is 35.5. The first-order valence-electron chi connectivity index (χ1n) is 13.1. The number of rotatable bonds is 8. The smallest absolute Gasteiger partial charge is 0.257 e. The molecule has 7 rings (SSSR count). The molecule has 3 atom stereocenters. The van der Waals surface area contributed by atoms with E-state index in [1.54, 1.807) is 6.07 Å². The third-order valence-corrected chi connectivity index (χ3v) is 9.40. The predicted molar refractivity (Wildman–Crippen MR) is 128 cm³/mol. The first kappa shape index (κ1) is 22.7. The van der Waals surface area contributed by atoms with Crippen LogP contribution in [-0.4, -0.2) is 53.2 Å². The van der Waals surface area contributed by atoms with Gasteiger partial charge in [-0.05, 0) is 99.2 Å². The van der Waals surface area contributed by atoms with Crippen LogP contribution in [0.4, 0.5) is 0 Å². The van der Waals surface area contributed by atoms with E-state index in [9.17, 15) is 14.7 Å². The summed E-state index contributed by atoms with van der Waals surface area (Å²) in [6.07, 6.45) is 8.93. The Bertz CT molecular complexity index is 963. The fourth-order valence-corrected chi connectivity index (χ4v) is 7.79. The average Bonchev–Trinajstić information content (AvgIpc) is 3.55. The Labute approximate surface area is 206 Å². The van der Waals surface area contributed by atoms with Crippen LogP contribution in [0, 0.1) is 29.6 Å². The number of carbonyl (C=O) groups is 2. The van der Waals surface area contributed by atoms with Crippen molar-refractivity contribution in [3.8, 4) is 5.75 Å². The molecule has 1 aromatic rings. The second-order valence-electron chi connectivity index (χ2n) is 11.7. The Morgan fingerprint density at radius 3 is 2.62 bits per heavy atom. The molecule has 1 heterocycles. The van der Waals surface area contributed by atoms with Gasteiger partial charge in [0.25, 0.3) is 5.91 Å². The first-order valence-corrected chi connectivity index (χ1v) is 13.5. The van der Waals surface area contributed by atoms with Gasteiger partial charge in [-0.2, -0.15) is 0 Å². The minimum atomic E-state index is -0.468. The number of nitrogens with zero attached hydrogens (tertiary/aromatic N) is 1. The van der Waals surface area contributed by atoms with Crippen molar-refractivity contribution in [2.24, 2.45) is 29.6 Å². The Morgan fingerprint density at radius 2 is 1.94 bits per heavy atom. The van der Waals surface area contributed by atoms with Crippen molar-refractivity contribution >= 4 is 23.4 Å². The molecule has 4 bridgehead atoms. The normalized spacial score (nSPS) is 36.2. The van der Waals surface area contributed by atoms with Crippen LogP contribution in [0.1, 0.15) is 56.9 Å². The molecule has 0 spiro atoms. The molecule has 2 N–H and O–H groups in total. The van der Waals surface area contributed by atoms with Crippen molar-refractivity contribution < 1.29 is 19.4 Å². The fraction of sp³-hybridized carbons (Fsp3) is 0.704. The number of halogens is 1. The fourth-order valence-electron chi connectivity index (χ4n) is 7.54. The van der Waals surface area contributed by atoms with E-state index < -0.39 is 5.60 Å². The molecule has 5 saturated carbocycles. The van der Waals surface area contributed by atoms with Crippen LogP contribution >= 0.6 is 11.6 Å². The summed E-state index contributed by atoms with van der Waals surface area (Å²) in [5.74, 6) is 2.88. The number of benzene rings is 1. The van der Waals surface area contributed by atoms with Gasteiger partial charge >= 0.3 is 0 Å². The maximum Gasteiger partial charge on any atom is 0.257 e. The number of ether oxygens (including phenoxy) is 1. The second kappa shape index (κ2) is 8.70. The molecule has 34 heavy (non-hydrogen) atoms. The molecule has 0 aromatic heterocycles. The van der Waals surface area contributed by atoms with E-state index >= 15 is 0 Å². The highest BCUT2D eigenvalue weighted by Crippen LogP contribution is 2.57. The summed E-state index contributed by atoms with van der Waals surface area (Å²) in [5, 5.41) is 14.4. The van der Waals surface area contributed by atoms with Gasteiger partial charge in [-0.3, -0.25) is 9.59 Å². The lowest BCUT2D eigenvalue weighted by Crippen LogP contribution is -2.62. The van der Waals surface area contributed by atoms with Gasteiger partial charge in [0.15, 0.2) is 6.61 Å². The van der Waals surface area contributed by atoms with Crippen LogP contribution in [-0.2, 0) is 16.0 Å². The Morgan fingerprint density at radius 1 is 1.18 bits per heavy atom. The van der Waals surface area contributed by atoms with Crippen LogP contribution in [0.2, 0.25) is 5.02 Å². The molecule has 2 amide bonds. The van der Waals surface area contributed by atoms with E-state index in [1.165, 1.54) is 25.7 Å². The van der Waals surface area contributed by atoms with Crippen molar-refractivity contribution in [2.75, 3.05) is 19.7 Å². The van der Waals surface area contributed by atoms with Crippen LogP contribution in [0.5, 0.6) is 5.75 Å². The van der Waals surface area contributed by atoms with Crippen LogP contribution in [0.25, 0.3) is 0 Å². The number of aliphatic hydroxyl groups is 1. The standard InChI is InChI=1S/C27H35ClN2O4/c28-23-10-22(34-15-24(31)29-14-16-1-2-16)4-3-18(23)9-19-5-6-30(26(19)32)25-20-7-17-8-21(25)13-27(33,11-17)12-20/h3-4,10,16-17,19-21,25,33H,1-2,5-9,11-15H2,(H,29,31). The molecule has 1 aromatic carbocycles. The highest BCUT2D eigenvalue weighted by molar-refractivity contribution is 6.31. The zero-order valence-electron chi connectivity index (χ0n) is 19.7. The van der Waals surface area contributed by atoms with E-state index in [-0.39, 0.29) is 24.3 Å². The predicted octanol–water partition coefficient (Wildman–Crippen LogP) is 3.58. The minimum absolute atomic E-state index is 0.0157. The molecular weight excluding hydrogens is 452 g/mol.